The Morgan fingerprint density at radius 2 is 1.91 bits per heavy atom. The molecule has 3 aromatic rings. The predicted octanol–water partition coefficient (Wildman–Crippen LogP) is 4.49. The minimum atomic E-state index is -1.08. The van der Waals surface area contributed by atoms with Crippen molar-refractivity contribution in [2.45, 2.75) is 31.5 Å². The van der Waals surface area contributed by atoms with Crippen LogP contribution < -0.4 is 20.9 Å². The lowest BCUT2D eigenvalue weighted by Crippen LogP contribution is -2.41. The molecule has 0 radical (unpaired) electrons. The summed E-state index contributed by atoms with van der Waals surface area (Å²) in [6.45, 7) is 3.13. The second-order valence-electron chi connectivity index (χ2n) is 8.57. The Morgan fingerprint density at radius 3 is 2.51 bits per heavy atom. The maximum absolute atomic E-state index is 15.9. The summed E-state index contributed by atoms with van der Waals surface area (Å²) in [7, 11) is 0. The molecule has 5 N–H and O–H groups in total. The molecule has 1 aliphatic rings. The third-order valence-corrected chi connectivity index (χ3v) is 6.68. The van der Waals surface area contributed by atoms with E-state index in [1.807, 2.05) is 37.3 Å². The fourth-order valence-corrected chi connectivity index (χ4v) is 4.84. The van der Waals surface area contributed by atoms with Crippen LogP contribution in [0.4, 0.5) is 8.78 Å². The molecule has 1 aliphatic heterocycles. The van der Waals surface area contributed by atoms with Gasteiger partial charge in [-0.15, -0.1) is 0 Å². The van der Waals surface area contributed by atoms with Gasteiger partial charge in [-0.2, -0.15) is 0 Å². The molecule has 0 spiro atoms. The lowest BCUT2D eigenvalue weighted by atomic mass is 9.77. The molecule has 0 aliphatic carbocycles. The normalized spacial score (nSPS) is 19.7. The molecule has 0 aromatic heterocycles. The van der Waals surface area contributed by atoms with Crippen molar-refractivity contribution in [3.8, 4) is 22.6 Å². The smallest absolute Gasteiger partial charge is 0.249 e. The van der Waals surface area contributed by atoms with E-state index in [9.17, 15) is 9.90 Å². The second kappa shape index (κ2) is 9.45. The SMILES string of the molecule is CC1c2c(cc(F)c(Cl)c2-c2c(C(N)=O)ccc(OC[C@H](C)O)c2F)OC1(CN)c1ccccc1. The van der Waals surface area contributed by atoms with Crippen LogP contribution in [0.25, 0.3) is 11.1 Å². The number of carbonyl (C=O) groups is 1. The summed E-state index contributed by atoms with van der Waals surface area (Å²) in [4.78, 5) is 12.3. The Bertz CT molecular complexity index is 1290. The topological polar surface area (TPSA) is 108 Å². The average Bonchev–Trinajstić information content (AvgIpc) is 3.11. The predicted molar refractivity (Wildman–Crippen MR) is 129 cm³/mol. The molecule has 35 heavy (non-hydrogen) atoms. The number of rotatable bonds is 7. The number of fused-ring (bicyclic) bond motifs is 1. The minimum absolute atomic E-state index is 0.0359. The van der Waals surface area contributed by atoms with E-state index in [2.05, 4.69) is 0 Å². The monoisotopic (exact) mass is 502 g/mol. The second-order valence-corrected chi connectivity index (χ2v) is 8.95. The lowest BCUT2D eigenvalue weighted by molar-refractivity contribution is 0.0800. The fourth-order valence-electron chi connectivity index (χ4n) is 4.59. The van der Waals surface area contributed by atoms with Crippen LogP contribution in [0.2, 0.25) is 5.02 Å². The number of aliphatic hydroxyl groups excluding tert-OH is 1. The summed E-state index contributed by atoms with van der Waals surface area (Å²) in [5, 5.41) is 9.15. The van der Waals surface area contributed by atoms with Crippen molar-refractivity contribution in [3.63, 3.8) is 0 Å². The van der Waals surface area contributed by atoms with Gasteiger partial charge in [0.2, 0.25) is 5.91 Å². The van der Waals surface area contributed by atoms with Crippen molar-refractivity contribution in [2.75, 3.05) is 13.2 Å². The van der Waals surface area contributed by atoms with Crippen molar-refractivity contribution in [1.82, 2.24) is 0 Å². The third-order valence-electron chi connectivity index (χ3n) is 6.31. The van der Waals surface area contributed by atoms with Crippen molar-refractivity contribution < 1.29 is 28.2 Å². The lowest BCUT2D eigenvalue weighted by Gasteiger charge is -2.32. The van der Waals surface area contributed by atoms with Crippen LogP contribution in [0.15, 0.2) is 48.5 Å². The number of aliphatic hydroxyl groups is 1. The fraction of sp³-hybridized carbons (Fsp3) is 0.269. The van der Waals surface area contributed by atoms with E-state index in [1.54, 1.807) is 0 Å². The van der Waals surface area contributed by atoms with Crippen molar-refractivity contribution in [1.29, 1.82) is 0 Å². The van der Waals surface area contributed by atoms with Crippen molar-refractivity contribution >= 4 is 17.5 Å². The molecule has 0 saturated heterocycles. The van der Waals surface area contributed by atoms with E-state index in [4.69, 9.17) is 32.5 Å². The zero-order valence-corrected chi connectivity index (χ0v) is 19.9. The highest BCUT2D eigenvalue weighted by Gasteiger charge is 2.49. The van der Waals surface area contributed by atoms with Gasteiger partial charge in [-0.25, -0.2) is 8.78 Å². The Balaban J connectivity index is 2.00. The quantitative estimate of drug-likeness (QED) is 0.441. The number of primary amides is 1. The molecule has 9 heteroatoms. The molecule has 0 bridgehead atoms. The highest BCUT2D eigenvalue weighted by atomic mass is 35.5. The van der Waals surface area contributed by atoms with Crippen molar-refractivity contribution in [2.24, 2.45) is 11.5 Å². The van der Waals surface area contributed by atoms with Crippen LogP contribution in [0.1, 0.15) is 41.3 Å². The molecule has 1 amide bonds. The molecule has 0 saturated carbocycles. The Morgan fingerprint density at radius 1 is 1.23 bits per heavy atom. The van der Waals surface area contributed by atoms with Crippen LogP contribution in [0, 0.1) is 11.6 Å². The first-order valence-corrected chi connectivity index (χ1v) is 11.4. The third kappa shape index (κ3) is 4.11. The number of carbonyl (C=O) groups excluding carboxylic acids is 1. The summed E-state index contributed by atoms with van der Waals surface area (Å²) >= 11 is 6.43. The summed E-state index contributed by atoms with van der Waals surface area (Å²) in [5.41, 5.74) is 11.2. The van der Waals surface area contributed by atoms with E-state index in [1.165, 1.54) is 19.1 Å². The summed E-state index contributed by atoms with van der Waals surface area (Å²) < 4.78 is 42.6. The van der Waals surface area contributed by atoms with Crippen LogP contribution in [0.3, 0.4) is 0 Å². The molecule has 6 nitrogen and oxygen atoms in total. The van der Waals surface area contributed by atoms with Gasteiger partial charge >= 0.3 is 0 Å². The molecule has 2 unspecified atom stereocenters. The van der Waals surface area contributed by atoms with E-state index in [-0.39, 0.29) is 41.3 Å². The minimum Gasteiger partial charge on any atom is -0.488 e. The number of halogens is 3. The van der Waals surface area contributed by atoms with Crippen LogP contribution in [-0.2, 0) is 5.60 Å². The standard InChI is InChI=1S/C26H25ClF2N2O4/c1-13(32)11-34-18-9-8-16(25(31)33)21(24(18)29)22-20-14(2)26(12-30,15-6-4-3-5-7-15)35-19(20)10-17(28)23(22)27/h3-10,13-14,32H,11-12,30H2,1-2H3,(H2,31,33)/t13-,14?,26?/m0/s1. The zero-order valence-electron chi connectivity index (χ0n) is 19.1. The molecular formula is C26H25ClF2N2O4. The first kappa shape index (κ1) is 24.9. The highest BCUT2D eigenvalue weighted by Crippen LogP contribution is 2.56. The number of ether oxygens (including phenoxy) is 2. The van der Waals surface area contributed by atoms with Gasteiger partial charge in [0.15, 0.2) is 17.2 Å². The van der Waals surface area contributed by atoms with E-state index < -0.39 is 40.2 Å². The van der Waals surface area contributed by atoms with Gasteiger partial charge in [0.25, 0.3) is 0 Å². The molecule has 3 atom stereocenters. The number of hydrogen-bond donors (Lipinski definition) is 3. The van der Waals surface area contributed by atoms with Crippen molar-refractivity contribution in [3.05, 3.63) is 81.9 Å². The zero-order chi connectivity index (χ0) is 25.5. The van der Waals surface area contributed by atoms with E-state index in [0.717, 1.165) is 11.6 Å². The van der Waals surface area contributed by atoms with Crippen LogP contribution in [-0.4, -0.2) is 30.3 Å². The first-order valence-electron chi connectivity index (χ1n) is 11.0. The Hall–Kier alpha value is -3.20. The summed E-state index contributed by atoms with van der Waals surface area (Å²) in [6, 6.07) is 12.8. The average molecular weight is 503 g/mol. The molecular weight excluding hydrogens is 478 g/mol. The van der Waals surface area contributed by atoms with Gasteiger partial charge in [-0.05, 0) is 24.6 Å². The first-order chi connectivity index (χ1) is 16.6. The molecule has 184 valence electrons. The van der Waals surface area contributed by atoms with Gasteiger partial charge in [-0.3, -0.25) is 4.79 Å². The van der Waals surface area contributed by atoms with Gasteiger partial charge in [0.05, 0.1) is 16.7 Å². The molecule has 1 heterocycles. The van der Waals surface area contributed by atoms with E-state index >= 15 is 8.78 Å². The van der Waals surface area contributed by atoms with E-state index in [0.29, 0.717) is 5.56 Å². The molecule has 0 fully saturated rings. The Kier molecular flexibility index (Phi) is 6.73. The maximum atomic E-state index is 15.9. The summed E-state index contributed by atoms with van der Waals surface area (Å²) in [5.74, 6) is -3.39. The van der Waals surface area contributed by atoms with Gasteiger partial charge in [0, 0.05) is 35.2 Å². The maximum Gasteiger partial charge on any atom is 0.249 e. The van der Waals surface area contributed by atoms with Gasteiger partial charge in [0.1, 0.15) is 18.2 Å². The molecule has 4 rings (SSSR count). The number of hydrogen-bond acceptors (Lipinski definition) is 5. The summed E-state index contributed by atoms with van der Waals surface area (Å²) in [6.07, 6.45) is -0.875. The van der Waals surface area contributed by atoms with Crippen LogP contribution >= 0.6 is 11.6 Å². The number of nitrogens with two attached hydrogens (primary N) is 2. The Labute approximate surface area is 206 Å². The number of amides is 1. The van der Waals surface area contributed by atoms with Gasteiger partial charge < -0.3 is 26.0 Å². The highest BCUT2D eigenvalue weighted by molar-refractivity contribution is 6.34. The van der Waals surface area contributed by atoms with Gasteiger partial charge in [-0.1, -0.05) is 48.9 Å². The van der Waals surface area contributed by atoms with Crippen LogP contribution in [0.5, 0.6) is 11.5 Å². The largest absolute Gasteiger partial charge is 0.488 e. The molecule has 3 aromatic carbocycles. The number of benzene rings is 3.